The molecule has 3 rings (SSSR count). The first-order valence-electron chi connectivity index (χ1n) is 8.67. The van der Waals surface area contributed by atoms with E-state index in [0.29, 0.717) is 10.6 Å². The van der Waals surface area contributed by atoms with E-state index in [-0.39, 0.29) is 0 Å². The summed E-state index contributed by atoms with van der Waals surface area (Å²) < 4.78 is 5.90. The van der Waals surface area contributed by atoms with E-state index in [2.05, 4.69) is 20.3 Å². The molecule has 2 N–H and O–H groups in total. The average Bonchev–Trinajstić information content (AvgIpc) is 2.71. The van der Waals surface area contributed by atoms with Crippen LogP contribution in [-0.4, -0.2) is 34.4 Å². The van der Waals surface area contributed by atoms with Crippen LogP contribution in [0.1, 0.15) is 16.8 Å². The van der Waals surface area contributed by atoms with E-state index >= 15 is 0 Å². The molecule has 140 valence electrons. The molecule has 0 bridgehead atoms. The van der Waals surface area contributed by atoms with E-state index in [1.54, 1.807) is 7.11 Å². The first kappa shape index (κ1) is 19.4. The molecule has 0 amide bonds. The third-order valence-electron chi connectivity index (χ3n) is 3.94. The molecule has 0 radical (unpaired) electrons. The van der Waals surface area contributed by atoms with Gasteiger partial charge >= 0.3 is 0 Å². The summed E-state index contributed by atoms with van der Waals surface area (Å²) in [6, 6.07) is 14.0. The number of rotatable bonds is 9. The van der Waals surface area contributed by atoms with Crippen molar-refractivity contribution < 1.29 is 4.74 Å². The first-order chi connectivity index (χ1) is 13.2. The van der Waals surface area contributed by atoms with Gasteiger partial charge < -0.3 is 15.0 Å². The molecule has 0 fully saturated rings. The summed E-state index contributed by atoms with van der Waals surface area (Å²) in [6.07, 6.45) is 4.41. The highest BCUT2D eigenvalue weighted by atomic mass is 32.2. The number of aromatic nitrogens is 3. The molecular formula is C20H22N4OS2. The third-order valence-corrected chi connectivity index (χ3v) is 5.30. The minimum Gasteiger partial charge on any atom is -0.497 e. The van der Waals surface area contributed by atoms with Gasteiger partial charge in [0.15, 0.2) is 0 Å². The van der Waals surface area contributed by atoms with Crippen LogP contribution < -0.4 is 10.1 Å². The highest BCUT2D eigenvalue weighted by molar-refractivity contribution is 7.98. The number of anilines is 1. The van der Waals surface area contributed by atoms with Gasteiger partial charge in [-0.3, -0.25) is 4.98 Å². The number of nitrogens with zero attached hydrogens (tertiary/aromatic N) is 2. The quantitative estimate of drug-likeness (QED) is 0.409. The van der Waals surface area contributed by atoms with Crippen LogP contribution in [0.4, 0.5) is 5.95 Å². The van der Waals surface area contributed by atoms with Crippen LogP contribution in [0.3, 0.4) is 0 Å². The van der Waals surface area contributed by atoms with Gasteiger partial charge in [-0.25, -0.2) is 4.98 Å². The number of aromatic amines is 1. The van der Waals surface area contributed by atoms with Gasteiger partial charge in [0.2, 0.25) is 5.95 Å². The van der Waals surface area contributed by atoms with Gasteiger partial charge in [0.25, 0.3) is 0 Å². The Morgan fingerprint density at radius 1 is 1.15 bits per heavy atom. The summed E-state index contributed by atoms with van der Waals surface area (Å²) >= 11 is 7.31. The van der Waals surface area contributed by atoms with E-state index < -0.39 is 0 Å². The van der Waals surface area contributed by atoms with Gasteiger partial charge in [-0.1, -0.05) is 30.4 Å². The Balaban J connectivity index is 1.46. The molecule has 27 heavy (non-hydrogen) atoms. The minimum atomic E-state index is 0.705. The van der Waals surface area contributed by atoms with Crippen molar-refractivity contribution in [3.05, 3.63) is 76.3 Å². The molecule has 0 saturated carbocycles. The number of H-pyrrole nitrogens is 1. The van der Waals surface area contributed by atoms with E-state index in [1.807, 2.05) is 66.6 Å². The Labute approximate surface area is 168 Å². The maximum atomic E-state index is 5.48. The SMILES string of the molecule is COc1ccc(Cc2cnc(NCCSCc3ccccn3)[nH]c2=S)cc1. The lowest BCUT2D eigenvalue weighted by Gasteiger charge is -2.08. The maximum absolute atomic E-state index is 5.48. The summed E-state index contributed by atoms with van der Waals surface area (Å²) in [6.45, 7) is 0.813. The van der Waals surface area contributed by atoms with Gasteiger partial charge in [-0.2, -0.15) is 11.8 Å². The zero-order chi connectivity index (χ0) is 18.9. The molecule has 0 spiro atoms. The Morgan fingerprint density at radius 2 is 2.00 bits per heavy atom. The van der Waals surface area contributed by atoms with Crippen LogP contribution >= 0.6 is 24.0 Å². The number of methoxy groups -OCH3 is 1. The Morgan fingerprint density at radius 3 is 2.70 bits per heavy atom. The summed E-state index contributed by atoms with van der Waals surface area (Å²) in [5, 5.41) is 3.29. The zero-order valence-corrected chi connectivity index (χ0v) is 16.8. The highest BCUT2D eigenvalue weighted by Gasteiger charge is 2.03. The topological polar surface area (TPSA) is 62.8 Å². The minimum absolute atomic E-state index is 0.705. The van der Waals surface area contributed by atoms with Gasteiger partial charge in [-0.05, 0) is 29.8 Å². The van der Waals surface area contributed by atoms with E-state index in [4.69, 9.17) is 17.0 Å². The largest absolute Gasteiger partial charge is 0.497 e. The number of thioether (sulfide) groups is 1. The Hall–Kier alpha value is -2.38. The first-order valence-corrected chi connectivity index (χ1v) is 10.2. The standard InChI is InChI=1S/C20H22N4OS2/c1-25-18-7-5-15(6-8-18)12-16-13-23-20(24-19(16)26)22-10-11-27-14-17-4-2-3-9-21-17/h2-9,13H,10-12,14H2,1H3,(H2,22,23,24,26). The number of ether oxygens (including phenoxy) is 1. The van der Waals surface area contributed by atoms with Crippen LogP contribution in [0.25, 0.3) is 0 Å². The van der Waals surface area contributed by atoms with Crippen molar-refractivity contribution in [3.63, 3.8) is 0 Å². The van der Waals surface area contributed by atoms with Gasteiger partial charge in [0.05, 0.1) is 12.8 Å². The zero-order valence-electron chi connectivity index (χ0n) is 15.1. The lowest BCUT2D eigenvalue weighted by Crippen LogP contribution is -2.08. The number of nitrogens with one attached hydrogen (secondary N) is 2. The van der Waals surface area contributed by atoms with Crippen molar-refractivity contribution in [2.45, 2.75) is 12.2 Å². The summed E-state index contributed by atoms with van der Waals surface area (Å²) in [5.74, 6) is 3.43. The van der Waals surface area contributed by atoms with Gasteiger partial charge in [0.1, 0.15) is 10.4 Å². The van der Waals surface area contributed by atoms with Crippen molar-refractivity contribution >= 4 is 29.9 Å². The van der Waals surface area contributed by atoms with Gasteiger partial charge in [0, 0.05) is 42.4 Å². The third kappa shape index (κ3) is 6.08. The van der Waals surface area contributed by atoms with Crippen LogP contribution in [0.5, 0.6) is 5.75 Å². The van der Waals surface area contributed by atoms with Crippen molar-refractivity contribution in [1.29, 1.82) is 0 Å². The summed E-state index contributed by atoms with van der Waals surface area (Å²) in [7, 11) is 1.66. The van der Waals surface area contributed by atoms with Crippen LogP contribution in [0.15, 0.2) is 54.9 Å². The fourth-order valence-electron chi connectivity index (χ4n) is 2.50. The molecular weight excluding hydrogens is 376 g/mol. The molecule has 2 heterocycles. The van der Waals surface area contributed by atoms with Crippen molar-refractivity contribution in [2.24, 2.45) is 0 Å². The number of pyridine rings is 1. The summed E-state index contributed by atoms with van der Waals surface area (Å²) in [4.78, 5) is 11.9. The second-order valence-electron chi connectivity index (χ2n) is 5.91. The van der Waals surface area contributed by atoms with E-state index in [9.17, 15) is 0 Å². The van der Waals surface area contributed by atoms with Crippen LogP contribution in [0, 0.1) is 4.64 Å². The van der Waals surface area contributed by atoms with Crippen LogP contribution in [-0.2, 0) is 12.2 Å². The second kappa shape index (κ2) is 10.1. The van der Waals surface area contributed by atoms with E-state index in [0.717, 1.165) is 41.5 Å². The predicted octanol–water partition coefficient (Wildman–Crippen LogP) is 4.48. The molecule has 5 nitrogen and oxygen atoms in total. The molecule has 0 atom stereocenters. The lowest BCUT2D eigenvalue weighted by atomic mass is 10.1. The average molecular weight is 399 g/mol. The van der Waals surface area contributed by atoms with Crippen LogP contribution in [0.2, 0.25) is 0 Å². The molecule has 0 unspecified atom stereocenters. The van der Waals surface area contributed by atoms with Crippen molar-refractivity contribution in [1.82, 2.24) is 15.0 Å². The monoisotopic (exact) mass is 398 g/mol. The highest BCUT2D eigenvalue weighted by Crippen LogP contribution is 2.15. The number of hydrogen-bond donors (Lipinski definition) is 2. The molecule has 7 heteroatoms. The smallest absolute Gasteiger partial charge is 0.201 e. The molecule has 0 aliphatic carbocycles. The number of hydrogen-bond acceptors (Lipinski definition) is 6. The van der Waals surface area contributed by atoms with E-state index in [1.165, 1.54) is 5.56 Å². The second-order valence-corrected chi connectivity index (χ2v) is 7.42. The molecule has 2 aromatic heterocycles. The molecule has 1 aromatic carbocycles. The van der Waals surface area contributed by atoms with Crippen molar-refractivity contribution in [3.8, 4) is 5.75 Å². The van der Waals surface area contributed by atoms with Gasteiger partial charge in [-0.15, -0.1) is 0 Å². The number of benzene rings is 1. The van der Waals surface area contributed by atoms with Crippen molar-refractivity contribution in [2.75, 3.05) is 24.7 Å². The Kier molecular flexibility index (Phi) is 7.24. The predicted molar refractivity (Wildman–Crippen MR) is 114 cm³/mol. The fourth-order valence-corrected chi connectivity index (χ4v) is 3.49. The maximum Gasteiger partial charge on any atom is 0.201 e. The summed E-state index contributed by atoms with van der Waals surface area (Å²) in [5.41, 5.74) is 3.27. The Bertz CT molecular complexity index is 898. The molecule has 0 saturated heterocycles. The molecule has 0 aliphatic rings. The fraction of sp³-hybridized carbons (Fsp3) is 0.250. The lowest BCUT2D eigenvalue weighted by molar-refractivity contribution is 0.414. The normalized spacial score (nSPS) is 10.6. The molecule has 3 aromatic rings. The molecule has 0 aliphatic heterocycles.